The molecule has 0 unspecified atom stereocenters. The van der Waals surface area contributed by atoms with Crippen molar-refractivity contribution in [2.24, 2.45) is 0 Å². The van der Waals surface area contributed by atoms with Crippen molar-refractivity contribution in [3.63, 3.8) is 0 Å². The van der Waals surface area contributed by atoms with Crippen molar-refractivity contribution in [3.05, 3.63) is 113 Å². The summed E-state index contributed by atoms with van der Waals surface area (Å²) in [6.45, 7) is 4.48. The van der Waals surface area contributed by atoms with Crippen LogP contribution in [-0.4, -0.2) is 5.97 Å². The van der Waals surface area contributed by atoms with Crippen molar-refractivity contribution in [2.45, 2.75) is 84.5 Å². The largest absolute Gasteiger partial charge is 0.423 e. The number of carbonyl (C=O) groups excluding carboxylic acids is 1. The van der Waals surface area contributed by atoms with Crippen LogP contribution in [0.3, 0.4) is 0 Å². The Balaban J connectivity index is 1.30. The third-order valence-electron chi connectivity index (χ3n) is 7.71. The first kappa shape index (κ1) is 30.6. The molecule has 4 aromatic carbocycles. The standard InChI is InChI=1S/C38H43ClO2/c1-3-5-7-8-9-11-13-30-14-18-31(19-15-30)32-22-25-35(26-23-32)41-38(40)34-24-27-36(37(39)28-34)33-20-16-29(17-21-33)12-10-6-4-2/h14-28H,3-13H2,1-2H3. The number of hydrogen-bond acceptors (Lipinski definition) is 2. The number of halogens is 1. The first-order valence-corrected chi connectivity index (χ1v) is 15.8. The number of esters is 1. The molecule has 0 saturated heterocycles. The van der Waals surface area contributed by atoms with E-state index in [2.05, 4.69) is 62.4 Å². The highest BCUT2D eigenvalue weighted by Gasteiger charge is 2.13. The van der Waals surface area contributed by atoms with Gasteiger partial charge in [0, 0.05) is 10.6 Å². The monoisotopic (exact) mass is 566 g/mol. The summed E-state index contributed by atoms with van der Waals surface area (Å²) in [7, 11) is 0. The zero-order valence-electron chi connectivity index (χ0n) is 24.6. The maximum Gasteiger partial charge on any atom is 0.343 e. The van der Waals surface area contributed by atoms with Gasteiger partial charge in [0.15, 0.2) is 0 Å². The smallest absolute Gasteiger partial charge is 0.343 e. The molecule has 0 N–H and O–H groups in total. The van der Waals surface area contributed by atoms with Crippen molar-refractivity contribution < 1.29 is 9.53 Å². The topological polar surface area (TPSA) is 26.3 Å². The van der Waals surface area contributed by atoms with Gasteiger partial charge in [-0.15, -0.1) is 0 Å². The average molecular weight is 567 g/mol. The maximum absolute atomic E-state index is 12.9. The van der Waals surface area contributed by atoms with E-state index in [1.54, 1.807) is 12.1 Å². The predicted molar refractivity (Wildman–Crippen MR) is 174 cm³/mol. The molecule has 0 spiro atoms. The van der Waals surface area contributed by atoms with Gasteiger partial charge in [0.25, 0.3) is 0 Å². The molecule has 0 heterocycles. The van der Waals surface area contributed by atoms with Crippen LogP contribution in [-0.2, 0) is 12.8 Å². The summed E-state index contributed by atoms with van der Waals surface area (Å²) < 4.78 is 5.66. The zero-order chi connectivity index (χ0) is 28.9. The maximum atomic E-state index is 12.9. The van der Waals surface area contributed by atoms with E-state index in [1.807, 2.05) is 30.3 Å². The van der Waals surface area contributed by atoms with Gasteiger partial charge in [-0.05, 0) is 77.8 Å². The van der Waals surface area contributed by atoms with Crippen LogP contribution >= 0.6 is 11.6 Å². The molecule has 41 heavy (non-hydrogen) atoms. The summed E-state index contributed by atoms with van der Waals surface area (Å²) in [6.07, 6.45) is 13.8. The lowest BCUT2D eigenvalue weighted by molar-refractivity contribution is 0.0735. The molecule has 0 aliphatic rings. The number of rotatable bonds is 15. The first-order chi connectivity index (χ1) is 20.1. The number of carbonyl (C=O) groups is 1. The molecule has 4 rings (SSSR count). The molecular weight excluding hydrogens is 524 g/mol. The van der Waals surface area contributed by atoms with Crippen molar-refractivity contribution >= 4 is 17.6 Å². The van der Waals surface area contributed by atoms with E-state index < -0.39 is 5.97 Å². The van der Waals surface area contributed by atoms with Gasteiger partial charge >= 0.3 is 5.97 Å². The Morgan fingerprint density at radius 3 is 1.66 bits per heavy atom. The molecule has 0 aliphatic carbocycles. The SMILES string of the molecule is CCCCCCCCc1ccc(-c2ccc(OC(=O)c3ccc(-c4ccc(CCCCC)cc4)c(Cl)c3)cc2)cc1. The van der Waals surface area contributed by atoms with Crippen LogP contribution in [0.5, 0.6) is 5.75 Å². The van der Waals surface area contributed by atoms with E-state index in [-0.39, 0.29) is 0 Å². The number of aryl methyl sites for hydroxylation is 2. The first-order valence-electron chi connectivity index (χ1n) is 15.4. The summed E-state index contributed by atoms with van der Waals surface area (Å²) in [4.78, 5) is 12.9. The van der Waals surface area contributed by atoms with E-state index in [1.165, 1.54) is 68.9 Å². The van der Waals surface area contributed by atoms with Crippen LogP contribution in [0.1, 0.15) is 93.1 Å². The van der Waals surface area contributed by atoms with Crippen LogP contribution < -0.4 is 4.74 Å². The summed E-state index contributed by atoms with van der Waals surface area (Å²) >= 11 is 6.60. The summed E-state index contributed by atoms with van der Waals surface area (Å²) in [5.41, 5.74) is 7.36. The second kappa shape index (κ2) is 16.2. The molecule has 4 aromatic rings. The Morgan fingerprint density at radius 1 is 0.585 bits per heavy atom. The third kappa shape index (κ3) is 9.33. The fraction of sp³-hybridized carbons (Fsp3) is 0.342. The van der Waals surface area contributed by atoms with E-state index in [0.29, 0.717) is 16.3 Å². The fourth-order valence-corrected chi connectivity index (χ4v) is 5.45. The second-order valence-electron chi connectivity index (χ2n) is 11.0. The predicted octanol–water partition coefficient (Wildman–Crippen LogP) is 11.5. The van der Waals surface area contributed by atoms with Gasteiger partial charge in [-0.1, -0.05) is 137 Å². The lowest BCUT2D eigenvalue weighted by atomic mass is 10.0. The van der Waals surface area contributed by atoms with Crippen LogP contribution in [0.4, 0.5) is 0 Å². The van der Waals surface area contributed by atoms with Gasteiger partial charge in [0.2, 0.25) is 0 Å². The van der Waals surface area contributed by atoms with Gasteiger partial charge in [-0.2, -0.15) is 0 Å². The molecule has 0 saturated carbocycles. The Labute approximate surface area is 251 Å². The number of unbranched alkanes of at least 4 members (excludes halogenated alkanes) is 7. The minimum absolute atomic E-state index is 0.420. The number of ether oxygens (including phenoxy) is 1. The summed E-state index contributed by atoms with van der Waals surface area (Å²) in [6, 6.07) is 30.4. The van der Waals surface area contributed by atoms with Gasteiger partial charge in [-0.3, -0.25) is 0 Å². The van der Waals surface area contributed by atoms with Crippen LogP contribution in [0.15, 0.2) is 91.0 Å². The van der Waals surface area contributed by atoms with Crippen molar-refractivity contribution in [1.82, 2.24) is 0 Å². The molecule has 2 nitrogen and oxygen atoms in total. The van der Waals surface area contributed by atoms with Crippen LogP contribution in [0.25, 0.3) is 22.3 Å². The summed E-state index contributed by atoms with van der Waals surface area (Å²) in [5.74, 6) is 0.0915. The van der Waals surface area contributed by atoms with Gasteiger partial charge in [-0.25, -0.2) is 4.79 Å². The Morgan fingerprint density at radius 2 is 1.07 bits per heavy atom. The highest BCUT2D eigenvalue weighted by molar-refractivity contribution is 6.33. The molecular formula is C38H43ClO2. The zero-order valence-corrected chi connectivity index (χ0v) is 25.4. The van der Waals surface area contributed by atoms with Crippen molar-refractivity contribution in [2.75, 3.05) is 0 Å². The highest BCUT2D eigenvalue weighted by Crippen LogP contribution is 2.30. The minimum atomic E-state index is -0.420. The molecule has 0 bridgehead atoms. The van der Waals surface area contributed by atoms with E-state index >= 15 is 0 Å². The number of hydrogen-bond donors (Lipinski definition) is 0. The molecule has 3 heteroatoms. The Hall–Kier alpha value is -3.36. The Bertz CT molecular complexity index is 1360. The summed E-state index contributed by atoms with van der Waals surface area (Å²) in [5, 5.41) is 0.536. The van der Waals surface area contributed by atoms with Crippen LogP contribution in [0.2, 0.25) is 5.02 Å². The van der Waals surface area contributed by atoms with Crippen molar-refractivity contribution in [1.29, 1.82) is 0 Å². The lowest BCUT2D eigenvalue weighted by Gasteiger charge is -2.10. The molecule has 214 valence electrons. The molecule has 0 aliphatic heterocycles. The second-order valence-corrected chi connectivity index (χ2v) is 11.4. The molecule has 0 aromatic heterocycles. The number of benzene rings is 4. The molecule has 0 radical (unpaired) electrons. The third-order valence-corrected chi connectivity index (χ3v) is 8.02. The normalized spacial score (nSPS) is 11.0. The van der Waals surface area contributed by atoms with E-state index in [4.69, 9.17) is 16.3 Å². The van der Waals surface area contributed by atoms with E-state index in [9.17, 15) is 4.79 Å². The lowest BCUT2D eigenvalue weighted by Crippen LogP contribution is -2.08. The Kier molecular flexibility index (Phi) is 12.1. The minimum Gasteiger partial charge on any atom is -0.423 e. The average Bonchev–Trinajstić information content (AvgIpc) is 3.00. The quantitative estimate of drug-likeness (QED) is 0.0812. The van der Waals surface area contributed by atoms with Crippen LogP contribution in [0, 0.1) is 0 Å². The molecule has 0 amide bonds. The van der Waals surface area contributed by atoms with Crippen molar-refractivity contribution in [3.8, 4) is 28.0 Å². The van der Waals surface area contributed by atoms with Gasteiger partial charge in [0.1, 0.15) is 5.75 Å². The van der Waals surface area contributed by atoms with Gasteiger partial charge in [0.05, 0.1) is 5.56 Å². The molecule has 0 fully saturated rings. The molecule has 0 atom stereocenters. The van der Waals surface area contributed by atoms with E-state index in [0.717, 1.165) is 35.1 Å². The highest BCUT2D eigenvalue weighted by atomic mass is 35.5. The fourth-order valence-electron chi connectivity index (χ4n) is 5.16. The van der Waals surface area contributed by atoms with Gasteiger partial charge < -0.3 is 4.74 Å².